The van der Waals surface area contributed by atoms with Crippen LogP contribution >= 0.6 is 0 Å². The third-order valence-corrected chi connectivity index (χ3v) is 3.11. The lowest BCUT2D eigenvalue weighted by Crippen LogP contribution is -2.05. The van der Waals surface area contributed by atoms with Gasteiger partial charge in [-0.05, 0) is 30.3 Å². The Morgan fingerprint density at radius 1 is 1.00 bits per heavy atom. The first-order chi connectivity index (χ1) is 9.79. The van der Waals surface area contributed by atoms with Gasteiger partial charge in [-0.25, -0.2) is 9.97 Å². The van der Waals surface area contributed by atoms with E-state index < -0.39 is 0 Å². The number of ether oxygens (including phenoxy) is 1. The molecule has 98 valence electrons. The summed E-state index contributed by atoms with van der Waals surface area (Å²) in [6, 6.07) is 14.5. The van der Waals surface area contributed by atoms with E-state index in [1.54, 1.807) is 31.4 Å². The lowest BCUT2D eigenvalue weighted by molar-refractivity contribution is 0.103. The first-order valence-electron chi connectivity index (χ1n) is 6.18. The minimum atomic E-state index is -0.119. The van der Waals surface area contributed by atoms with E-state index in [0.717, 1.165) is 10.9 Å². The first kappa shape index (κ1) is 12.3. The molecule has 1 aromatic heterocycles. The molecule has 4 nitrogen and oxygen atoms in total. The van der Waals surface area contributed by atoms with Gasteiger partial charge in [-0.15, -0.1) is 0 Å². The van der Waals surface area contributed by atoms with Crippen LogP contribution in [-0.2, 0) is 0 Å². The number of carbonyl (C=O) groups excluding carboxylic acids is 1. The monoisotopic (exact) mass is 264 g/mol. The number of carbonyl (C=O) groups is 1. The zero-order valence-corrected chi connectivity index (χ0v) is 10.9. The maximum Gasteiger partial charge on any atom is 0.212 e. The first-order valence-corrected chi connectivity index (χ1v) is 6.18. The van der Waals surface area contributed by atoms with Gasteiger partial charge in [-0.3, -0.25) is 4.79 Å². The van der Waals surface area contributed by atoms with E-state index >= 15 is 0 Å². The lowest BCUT2D eigenvalue weighted by atomic mass is 10.0. The van der Waals surface area contributed by atoms with Gasteiger partial charge in [0.1, 0.15) is 17.8 Å². The lowest BCUT2D eigenvalue weighted by Gasteiger charge is -2.05. The van der Waals surface area contributed by atoms with Gasteiger partial charge in [-0.2, -0.15) is 0 Å². The zero-order valence-electron chi connectivity index (χ0n) is 10.9. The molecular formula is C16H12N2O2. The van der Waals surface area contributed by atoms with Crippen LogP contribution in [0.1, 0.15) is 16.1 Å². The number of hydrogen-bond acceptors (Lipinski definition) is 4. The Balaban J connectivity index is 2.07. The van der Waals surface area contributed by atoms with Crippen LogP contribution in [0.25, 0.3) is 10.9 Å². The molecule has 0 aliphatic rings. The SMILES string of the molecule is COc1ccc(C(=O)c2ncnc3ccccc23)cc1. The van der Waals surface area contributed by atoms with Crippen LogP contribution < -0.4 is 4.74 Å². The summed E-state index contributed by atoms with van der Waals surface area (Å²) in [6.07, 6.45) is 1.42. The minimum absolute atomic E-state index is 0.119. The standard InChI is InChI=1S/C16H12N2O2/c1-20-12-8-6-11(7-9-12)16(19)15-13-4-2-3-5-14(13)17-10-18-15/h2-10H,1H3. The highest BCUT2D eigenvalue weighted by molar-refractivity contribution is 6.14. The second-order valence-electron chi connectivity index (χ2n) is 4.30. The summed E-state index contributed by atoms with van der Waals surface area (Å²) in [6.45, 7) is 0. The minimum Gasteiger partial charge on any atom is -0.497 e. The molecule has 4 heteroatoms. The highest BCUT2D eigenvalue weighted by Crippen LogP contribution is 2.19. The van der Waals surface area contributed by atoms with E-state index in [2.05, 4.69) is 9.97 Å². The summed E-state index contributed by atoms with van der Waals surface area (Å²) >= 11 is 0. The Kier molecular flexibility index (Phi) is 3.13. The zero-order chi connectivity index (χ0) is 13.9. The van der Waals surface area contributed by atoms with Crippen molar-refractivity contribution in [3.63, 3.8) is 0 Å². The molecule has 0 spiro atoms. The van der Waals surface area contributed by atoms with Crippen molar-refractivity contribution >= 4 is 16.7 Å². The van der Waals surface area contributed by atoms with Gasteiger partial charge in [0.05, 0.1) is 12.6 Å². The third kappa shape index (κ3) is 2.12. The summed E-state index contributed by atoms with van der Waals surface area (Å²) in [4.78, 5) is 20.8. The topological polar surface area (TPSA) is 52.1 Å². The predicted octanol–water partition coefficient (Wildman–Crippen LogP) is 2.87. The molecule has 0 bridgehead atoms. The highest BCUT2D eigenvalue weighted by atomic mass is 16.5. The summed E-state index contributed by atoms with van der Waals surface area (Å²) in [5.74, 6) is 0.598. The quantitative estimate of drug-likeness (QED) is 0.682. The number of para-hydroxylation sites is 1. The second-order valence-corrected chi connectivity index (χ2v) is 4.30. The Hall–Kier alpha value is -2.75. The number of fused-ring (bicyclic) bond motifs is 1. The van der Waals surface area contributed by atoms with E-state index in [4.69, 9.17) is 4.74 Å². The number of benzene rings is 2. The number of rotatable bonds is 3. The highest BCUT2D eigenvalue weighted by Gasteiger charge is 2.14. The van der Waals surface area contributed by atoms with Crippen molar-refractivity contribution in [1.82, 2.24) is 9.97 Å². The van der Waals surface area contributed by atoms with Crippen molar-refractivity contribution in [2.75, 3.05) is 7.11 Å². The largest absolute Gasteiger partial charge is 0.497 e. The molecular weight excluding hydrogens is 252 g/mol. The van der Waals surface area contributed by atoms with Crippen molar-refractivity contribution in [3.8, 4) is 5.75 Å². The molecule has 2 aromatic carbocycles. The molecule has 0 saturated heterocycles. The number of hydrogen-bond donors (Lipinski definition) is 0. The van der Waals surface area contributed by atoms with Crippen LogP contribution in [0.15, 0.2) is 54.9 Å². The molecule has 0 aliphatic heterocycles. The molecule has 0 fully saturated rings. The Morgan fingerprint density at radius 2 is 1.75 bits per heavy atom. The van der Waals surface area contributed by atoms with Crippen LogP contribution in [0.5, 0.6) is 5.75 Å². The van der Waals surface area contributed by atoms with Gasteiger partial charge in [0.25, 0.3) is 0 Å². The second kappa shape index (κ2) is 5.09. The molecule has 0 unspecified atom stereocenters. The Bertz CT molecular complexity index is 762. The maximum atomic E-state index is 12.5. The molecule has 0 radical (unpaired) electrons. The van der Waals surface area contributed by atoms with Crippen molar-refractivity contribution in [2.24, 2.45) is 0 Å². The van der Waals surface area contributed by atoms with E-state index in [9.17, 15) is 4.79 Å². The average Bonchev–Trinajstić information content (AvgIpc) is 2.54. The Labute approximate surface area is 116 Å². The van der Waals surface area contributed by atoms with E-state index in [0.29, 0.717) is 17.0 Å². The van der Waals surface area contributed by atoms with Gasteiger partial charge in [-0.1, -0.05) is 18.2 Å². The molecule has 0 N–H and O–H groups in total. The number of ketones is 1. The molecule has 3 rings (SSSR count). The molecule has 0 amide bonds. The molecule has 0 saturated carbocycles. The summed E-state index contributed by atoms with van der Waals surface area (Å²) in [7, 11) is 1.59. The summed E-state index contributed by atoms with van der Waals surface area (Å²) < 4.78 is 5.09. The van der Waals surface area contributed by atoms with Crippen LogP contribution in [0, 0.1) is 0 Å². The fourth-order valence-corrected chi connectivity index (χ4v) is 2.06. The van der Waals surface area contributed by atoms with Crippen LogP contribution in [-0.4, -0.2) is 22.9 Å². The fourth-order valence-electron chi connectivity index (χ4n) is 2.06. The van der Waals surface area contributed by atoms with Crippen molar-refractivity contribution in [1.29, 1.82) is 0 Å². The maximum absolute atomic E-state index is 12.5. The van der Waals surface area contributed by atoms with Crippen molar-refractivity contribution < 1.29 is 9.53 Å². The van der Waals surface area contributed by atoms with E-state index in [1.165, 1.54) is 6.33 Å². The van der Waals surface area contributed by atoms with Gasteiger partial charge in [0, 0.05) is 10.9 Å². The molecule has 1 heterocycles. The van der Waals surface area contributed by atoms with Gasteiger partial charge in [0.15, 0.2) is 0 Å². The van der Waals surface area contributed by atoms with E-state index in [-0.39, 0.29) is 5.78 Å². The molecule has 3 aromatic rings. The van der Waals surface area contributed by atoms with Gasteiger partial charge in [0.2, 0.25) is 5.78 Å². The summed E-state index contributed by atoms with van der Waals surface area (Å²) in [5, 5.41) is 0.760. The molecule has 0 atom stereocenters. The van der Waals surface area contributed by atoms with E-state index in [1.807, 2.05) is 24.3 Å². The predicted molar refractivity (Wildman–Crippen MR) is 76.0 cm³/mol. The molecule has 20 heavy (non-hydrogen) atoms. The Morgan fingerprint density at radius 3 is 2.50 bits per heavy atom. The number of methoxy groups -OCH3 is 1. The normalized spacial score (nSPS) is 10.4. The smallest absolute Gasteiger partial charge is 0.212 e. The van der Waals surface area contributed by atoms with Crippen LogP contribution in [0.2, 0.25) is 0 Å². The average molecular weight is 264 g/mol. The van der Waals surface area contributed by atoms with Gasteiger partial charge < -0.3 is 4.74 Å². The van der Waals surface area contributed by atoms with Gasteiger partial charge >= 0.3 is 0 Å². The number of aromatic nitrogens is 2. The van der Waals surface area contributed by atoms with Crippen LogP contribution in [0.3, 0.4) is 0 Å². The number of nitrogens with zero attached hydrogens (tertiary/aromatic N) is 2. The molecule has 0 aliphatic carbocycles. The fraction of sp³-hybridized carbons (Fsp3) is 0.0625. The summed E-state index contributed by atoms with van der Waals surface area (Å²) in [5.41, 5.74) is 1.76. The third-order valence-electron chi connectivity index (χ3n) is 3.11. The van der Waals surface area contributed by atoms with Crippen LogP contribution in [0.4, 0.5) is 0 Å². The van der Waals surface area contributed by atoms with Crippen molar-refractivity contribution in [3.05, 3.63) is 66.1 Å². The van der Waals surface area contributed by atoms with Crippen molar-refractivity contribution in [2.45, 2.75) is 0 Å².